The van der Waals surface area contributed by atoms with E-state index in [1.165, 1.54) is 0 Å². The molecule has 0 heterocycles. The lowest BCUT2D eigenvalue weighted by atomic mass is 9.74. The quantitative estimate of drug-likeness (QED) is 0.101. The van der Waals surface area contributed by atoms with Gasteiger partial charge in [-0.1, -0.05) is 161 Å². The fourth-order valence-electron chi connectivity index (χ4n) is 7.35. The Morgan fingerprint density at radius 2 is 0.634 bits per heavy atom. The molecule has 7 nitrogen and oxygen atoms in total. The molecular weight excluding hydrogens is 1110 g/mol. The number of hydrogen-bond donors (Lipinski definition) is 0. The maximum atomic E-state index is 7.34. The summed E-state index contributed by atoms with van der Waals surface area (Å²) in [6, 6.07) is 23.9. The summed E-state index contributed by atoms with van der Waals surface area (Å²) in [6.07, 6.45) is 0. The van der Waals surface area contributed by atoms with Gasteiger partial charge in [0.05, 0.1) is 40.2 Å². The minimum Gasteiger partial charge on any atom is -0.488 e. The zero-order valence-electron chi connectivity index (χ0n) is 41.9. The van der Waals surface area contributed by atoms with Crippen LogP contribution in [0.1, 0.15) is 111 Å². The van der Waals surface area contributed by atoms with Crippen molar-refractivity contribution < 1.29 is 31.9 Å². The lowest BCUT2D eigenvalue weighted by Crippen LogP contribution is -2.25. The van der Waals surface area contributed by atoms with Crippen LogP contribution in [0.5, 0.6) is 40.2 Å². The third-order valence-corrected chi connectivity index (χ3v) is 15.8. The van der Waals surface area contributed by atoms with E-state index < -0.39 is 33.6 Å². The molecule has 17 heteroatoms. The van der Waals surface area contributed by atoms with Crippen molar-refractivity contribution in [3.05, 3.63) is 153 Å². The molecule has 380 valence electrons. The fraction of sp³-hybridized carbons (Fsp3) is 0.333. The van der Waals surface area contributed by atoms with Gasteiger partial charge in [-0.2, -0.15) is 0 Å². The van der Waals surface area contributed by atoms with Crippen LogP contribution in [0, 0.1) is 13.8 Å². The summed E-state index contributed by atoms with van der Waals surface area (Å²) in [5.74, 6) is 2.86. The van der Waals surface area contributed by atoms with Crippen molar-refractivity contribution in [2.75, 3.05) is 0 Å². The molecule has 0 fully saturated rings. The van der Waals surface area contributed by atoms with Crippen LogP contribution in [0.2, 0.25) is 40.2 Å². The van der Waals surface area contributed by atoms with Gasteiger partial charge in [0.25, 0.3) is 0 Å². The second-order valence-corrected chi connectivity index (χ2v) is 26.1. The summed E-state index contributed by atoms with van der Waals surface area (Å²) in [7, 11) is -4.80. The lowest BCUT2D eigenvalue weighted by molar-refractivity contribution is 0.129. The van der Waals surface area contributed by atoms with E-state index in [0.717, 1.165) is 27.8 Å². The van der Waals surface area contributed by atoms with Crippen LogP contribution in [-0.4, -0.2) is 5.60 Å². The van der Waals surface area contributed by atoms with Crippen molar-refractivity contribution in [3.8, 4) is 51.4 Å². The molecule has 0 saturated carbocycles. The topological polar surface area (TPSA) is 64.6 Å². The molecule has 6 aromatic carbocycles. The molecule has 0 unspecified atom stereocenters. The average molecular weight is 1160 g/mol. The molecular formula is C54H56Cl8O7P2. The summed E-state index contributed by atoms with van der Waals surface area (Å²) in [5, 5.41) is 2.50. The van der Waals surface area contributed by atoms with Crippen LogP contribution in [0.15, 0.2) is 84.9 Å². The first-order chi connectivity index (χ1) is 32.8. The first kappa shape index (κ1) is 57.4. The van der Waals surface area contributed by atoms with Crippen LogP contribution < -0.4 is 31.9 Å². The van der Waals surface area contributed by atoms with Crippen LogP contribution in [0.3, 0.4) is 0 Å². The van der Waals surface area contributed by atoms with Gasteiger partial charge in [0.15, 0.2) is 0 Å². The molecule has 0 amide bonds. The minimum atomic E-state index is -2.40. The van der Waals surface area contributed by atoms with E-state index in [4.69, 9.17) is 125 Å². The summed E-state index contributed by atoms with van der Waals surface area (Å²) in [5.41, 5.74) is 3.48. The number of halogens is 8. The first-order valence-electron chi connectivity index (χ1n) is 22.3. The summed E-state index contributed by atoms with van der Waals surface area (Å²) >= 11 is 51.8. The summed E-state index contributed by atoms with van der Waals surface area (Å²) in [6.45, 7) is 29.3. The Bertz CT molecular complexity index is 2830. The van der Waals surface area contributed by atoms with Crippen LogP contribution in [0.25, 0.3) is 11.1 Å². The van der Waals surface area contributed by atoms with Crippen LogP contribution >= 0.6 is 110 Å². The highest BCUT2D eigenvalue weighted by Gasteiger charge is 2.38. The Morgan fingerprint density at radius 1 is 0.338 bits per heavy atom. The first-order valence-corrected chi connectivity index (χ1v) is 27.6. The van der Waals surface area contributed by atoms with E-state index in [1.54, 1.807) is 72.8 Å². The third-order valence-electron chi connectivity index (χ3n) is 10.7. The molecule has 0 bridgehead atoms. The maximum absolute atomic E-state index is 7.34. The van der Waals surface area contributed by atoms with Gasteiger partial charge in [0, 0.05) is 52.1 Å². The highest BCUT2D eigenvalue weighted by atomic mass is 35.5. The van der Waals surface area contributed by atoms with Gasteiger partial charge in [-0.05, 0) is 117 Å². The predicted molar refractivity (Wildman–Crippen MR) is 301 cm³/mol. The SMILES string of the molecule is Cc1c(OC(C)(C)C)cc(C(C)(C)C)c(OP(Oc2ccc(Cl)c(Cl)c2)Oc2ccc(Cl)c(Cl)c2)c1-c1c(C)c(C(C)(C)C)cc(C(C)(C)C)c1OP(Oc1ccc(Cl)c(Cl)c1)Oc1ccc(Cl)c(Cl)c1. The zero-order valence-corrected chi connectivity index (χ0v) is 49.7. The second-order valence-electron chi connectivity index (χ2n) is 20.8. The standard InChI is InChI=1S/C54H56Cl8O7P2/c1-29-35(51(3,4)5)27-36(52(6,7)8)49(68-70(64-31-15-19-38(55)42(59)23-31)65-32-16-20-39(56)43(60)24-32)47(29)48-30(2)46(63-54(12,13)14)28-37(53(9,10)11)50(48)69-71(66-33-17-21-40(57)44(61)25-33)67-34-18-22-41(58)45(62)26-34/h15-28H,1-14H3. The highest BCUT2D eigenvalue weighted by Crippen LogP contribution is 2.59. The molecule has 0 aliphatic carbocycles. The van der Waals surface area contributed by atoms with Crippen molar-refractivity contribution in [1.29, 1.82) is 0 Å². The van der Waals surface area contributed by atoms with E-state index in [9.17, 15) is 0 Å². The molecule has 0 aliphatic rings. The Hall–Kier alpha value is -2.90. The number of rotatable bonds is 14. The molecule has 0 atom stereocenters. The normalized spacial score (nSPS) is 12.3. The van der Waals surface area contributed by atoms with Gasteiger partial charge in [-0.15, -0.1) is 0 Å². The van der Waals surface area contributed by atoms with Crippen molar-refractivity contribution in [2.24, 2.45) is 0 Å². The number of benzene rings is 6. The van der Waals surface area contributed by atoms with E-state index >= 15 is 0 Å². The molecule has 6 rings (SSSR count). The van der Waals surface area contributed by atoms with Crippen molar-refractivity contribution >= 4 is 110 Å². The smallest absolute Gasteiger partial charge is 0.488 e. The minimum absolute atomic E-state index is 0.276. The van der Waals surface area contributed by atoms with Crippen molar-refractivity contribution in [1.82, 2.24) is 0 Å². The van der Waals surface area contributed by atoms with Crippen LogP contribution in [0.4, 0.5) is 0 Å². The van der Waals surface area contributed by atoms with Gasteiger partial charge < -0.3 is 31.9 Å². The van der Waals surface area contributed by atoms with Gasteiger partial charge in [0.2, 0.25) is 0 Å². The van der Waals surface area contributed by atoms with E-state index in [2.05, 4.69) is 75.3 Å². The summed E-state index contributed by atoms with van der Waals surface area (Å²) in [4.78, 5) is 0. The second kappa shape index (κ2) is 22.5. The molecule has 6 aromatic rings. The molecule has 0 spiro atoms. The largest absolute Gasteiger partial charge is 0.530 e. The Balaban J connectivity index is 1.75. The van der Waals surface area contributed by atoms with E-state index in [0.29, 0.717) is 71.5 Å². The molecule has 71 heavy (non-hydrogen) atoms. The number of ether oxygens (including phenoxy) is 1. The van der Waals surface area contributed by atoms with Crippen molar-refractivity contribution in [2.45, 2.75) is 119 Å². The third kappa shape index (κ3) is 14.5. The number of hydrogen-bond acceptors (Lipinski definition) is 7. The molecule has 0 N–H and O–H groups in total. The molecule has 0 radical (unpaired) electrons. The molecule has 0 saturated heterocycles. The Morgan fingerprint density at radius 3 is 0.915 bits per heavy atom. The van der Waals surface area contributed by atoms with E-state index in [1.807, 2.05) is 33.8 Å². The molecule has 0 aromatic heterocycles. The maximum Gasteiger partial charge on any atom is 0.530 e. The average Bonchev–Trinajstić information content (AvgIpc) is 3.23. The lowest BCUT2D eigenvalue weighted by Gasteiger charge is -2.35. The van der Waals surface area contributed by atoms with Gasteiger partial charge in [-0.3, -0.25) is 0 Å². The highest BCUT2D eigenvalue weighted by molar-refractivity contribution is 7.43. The summed E-state index contributed by atoms with van der Waals surface area (Å²) < 4.78 is 48.2. The van der Waals surface area contributed by atoms with Gasteiger partial charge in [-0.25, -0.2) is 0 Å². The van der Waals surface area contributed by atoms with Gasteiger partial charge >= 0.3 is 17.2 Å². The zero-order chi connectivity index (χ0) is 52.7. The predicted octanol–water partition coefficient (Wildman–Crippen LogP) is 21.8. The fourth-order valence-corrected chi connectivity index (χ4v) is 10.5. The Labute approximate surface area is 461 Å². The van der Waals surface area contributed by atoms with Gasteiger partial charge in [0.1, 0.15) is 45.8 Å². The monoisotopic (exact) mass is 1160 g/mol. The van der Waals surface area contributed by atoms with E-state index in [-0.39, 0.29) is 25.5 Å². The molecule has 0 aliphatic heterocycles. The Kier molecular flexibility index (Phi) is 18.2. The van der Waals surface area contributed by atoms with Crippen molar-refractivity contribution in [3.63, 3.8) is 0 Å². The van der Waals surface area contributed by atoms with Crippen LogP contribution in [-0.2, 0) is 16.2 Å².